The van der Waals surface area contributed by atoms with Crippen LogP contribution in [0.15, 0.2) is 36.0 Å². The molecule has 2 aliphatic rings. The molecule has 0 spiro atoms. The predicted octanol–water partition coefficient (Wildman–Crippen LogP) is 1.58. The molecule has 5 heteroatoms. The summed E-state index contributed by atoms with van der Waals surface area (Å²) in [6.45, 7) is 1.91. The second kappa shape index (κ2) is 5.08. The van der Waals surface area contributed by atoms with Crippen LogP contribution in [0.25, 0.3) is 0 Å². The number of hydrogen-bond acceptors (Lipinski definition) is 3. The monoisotopic (exact) mass is 249 g/mol. The summed E-state index contributed by atoms with van der Waals surface area (Å²) in [7, 11) is 0. The van der Waals surface area contributed by atoms with E-state index in [1.54, 1.807) is 0 Å². The van der Waals surface area contributed by atoms with Crippen molar-refractivity contribution in [2.24, 2.45) is 5.92 Å². The number of carboxylic acid groups (broad SMARTS) is 1. The van der Waals surface area contributed by atoms with Crippen LogP contribution in [-0.2, 0) is 9.53 Å². The van der Waals surface area contributed by atoms with Gasteiger partial charge in [0.15, 0.2) is 0 Å². The number of aliphatic carboxylic acids is 1. The van der Waals surface area contributed by atoms with Crippen LogP contribution in [0.1, 0.15) is 6.92 Å². The predicted molar refractivity (Wildman–Crippen MR) is 65.0 cm³/mol. The lowest BCUT2D eigenvalue weighted by atomic mass is 10.1. The highest BCUT2D eigenvalue weighted by Gasteiger charge is 2.35. The summed E-state index contributed by atoms with van der Waals surface area (Å²) < 4.78 is 4.92. The fraction of sp³-hybridized carbons (Fsp3) is 0.385. The maximum absolute atomic E-state index is 11.5. The molecule has 0 radical (unpaired) electrons. The van der Waals surface area contributed by atoms with Gasteiger partial charge in [0, 0.05) is 0 Å². The van der Waals surface area contributed by atoms with Gasteiger partial charge in [0.2, 0.25) is 0 Å². The number of carboxylic acids is 1. The van der Waals surface area contributed by atoms with E-state index in [-0.39, 0.29) is 19.2 Å². The Labute approximate surface area is 105 Å². The molecule has 2 unspecified atom stereocenters. The number of ether oxygens (including phenoxy) is 1. The first-order valence-corrected chi connectivity index (χ1v) is 5.79. The lowest BCUT2D eigenvalue weighted by Gasteiger charge is -2.20. The Kier molecular flexibility index (Phi) is 3.50. The zero-order chi connectivity index (χ0) is 13.1. The van der Waals surface area contributed by atoms with Crippen molar-refractivity contribution in [2.75, 3.05) is 13.2 Å². The summed E-state index contributed by atoms with van der Waals surface area (Å²) in [6, 6.07) is -0.320. The zero-order valence-electron chi connectivity index (χ0n) is 10.1. The minimum Gasteiger partial charge on any atom is -0.480 e. The van der Waals surface area contributed by atoms with E-state index in [1.165, 1.54) is 4.90 Å². The topological polar surface area (TPSA) is 66.8 Å². The molecule has 1 amide bonds. The molecule has 0 bridgehead atoms. The highest BCUT2D eigenvalue weighted by Crippen LogP contribution is 2.22. The second-order valence-corrected chi connectivity index (χ2v) is 4.38. The quantitative estimate of drug-likeness (QED) is 0.824. The van der Waals surface area contributed by atoms with E-state index in [0.29, 0.717) is 5.92 Å². The molecule has 2 rings (SSSR count). The Bertz CT molecular complexity index is 450. The van der Waals surface area contributed by atoms with Crippen LogP contribution in [-0.4, -0.2) is 41.3 Å². The molecule has 1 saturated heterocycles. The third kappa shape index (κ3) is 2.61. The highest BCUT2D eigenvalue weighted by molar-refractivity contribution is 5.78. The minimum absolute atomic E-state index is 0.199. The summed E-state index contributed by atoms with van der Waals surface area (Å²) in [5, 5.41) is 8.80. The first-order chi connectivity index (χ1) is 8.58. The molecule has 5 nitrogen and oxygen atoms in total. The van der Waals surface area contributed by atoms with Crippen molar-refractivity contribution in [3.8, 4) is 0 Å². The third-order valence-electron chi connectivity index (χ3n) is 2.96. The first-order valence-electron chi connectivity index (χ1n) is 5.79. The number of nitrogens with zero attached hydrogens (tertiary/aromatic N) is 1. The van der Waals surface area contributed by atoms with Gasteiger partial charge in [-0.15, -0.1) is 0 Å². The fourth-order valence-electron chi connectivity index (χ4n) is 1.99. The molecule has 1 N–H and O–H groups in total. The van der Waals surface area contributed by atoms with Crippen molar-refractivity contribution >= 4 is 12.1 Å². The molecule has 18 heavy (non-hydrogen) atoms. The number of carbonyl (C=O) groups is 2. The maximum atomic E-state index is 11.5. The van der Waals surface area contributed by atoms with Crippen molar-refractivity contribution in [2.45, 2.75) is 13.0 Å². The van der Waals surface area contributed by atoms with Crippen LogP contribution in [0.5, 0.6) is 0 Å². The van der Waals surface area contributed by atoms with E-state index < -0.39 is 12.1 Å². The van der Waals surface area contributed by atoms with Gasteiger partial charge in [0.25, 0.3) is 0 Å². The number of amides is 1. The van der Waals surface area contributed by atoms with Crippen molar-refractivity contribution in [1.82, 2.24) is 4.90 Å². The molecule has 0 aromatic rings. The van der Waals surface area contributed by atoms with Crippen LogP contribution in [0, 0.1) is 5.92 Å². The zero-order valence-corrected chi connectivity index (χ0v) is 10.1. The van der Waals surface area contributed by atoms with Gasteiger partial charge in [-0.25, -0.2) is 4.79 Å². The van der Waals surface area contributed by atoms with E-state index in [1.807, 2.05) is 30.4 Å². The van der Waals surface area contributed by atoms with E-state index >= 15 is 0 Å². The Morgan fingerprint density at radius 3 is 3.06 bits per heavy atom. The van der Waals surface area contributed by atoms with Gasteiger partial charge in [-0.3, -0.25) is 9.69 Å². The number of allylic oxidation sites excluding steroid dienone is 4. The Morgan fingerprint density at radius 2 is 2.33 bits per heavy atom. The second-order valence-electron chi connectivity index (χ2n) is 4.38. The molecule has 0 aromatic carbocycles. The van der Waals surface area contributed by atoms with Crippen LogP contribution >= 0.6 is 0 Å². The number of cyclic esters (lactones) is 1. The normalized spacial score (nSPS) is 26.8. The fourth-order valence-corrected chi connectivity index (χ4v) is 1.99. The average Bonchev–Trinajstić information content (AvgIpc) is 2.53. The first kappa shape index (κ1) is 12.4. The van der Waals surface area contributed by atoms with E-state index in [4.69, 9.17) is 9.84 Å². The molecule has 1 aliphatic carbocycles. The van der Waals surface area contributed by atoms with Crippen molar-refractivity contribution < 1.29 is 19.4 Å². The summed E-state index contributed by atoms with van der Waals surface area (Å²) >= 11 is 0. The Balaban J connectivity index is 2.19. The summed E-state index contributed by atoms with van der Waals surface area (Å²) in [5.74, 6) is -0.717. The number of carbonyl (C=O) groups excluding carboxylic acids is 1. The standard InChI is InChI=1S/C13H15NO4/c1-9-3-2-4-10(6-5-9)11-8-18-13(17)14(11)7-12(15)16/h2-6,9,11H,7-8H2,1H3,(H,15,16). The van der Waals surface area contributed by atoms with Crippen LogP contribution in [0.3, 0.4) is 0 Å². The maximum Gasteiger partial charge on any atom is 0.411 e. The molecule has 1 heterocycles. The lowest BCUT2D eigenvalue weighted by Crippen LogP contribution is -2.38. The molecule has 2 atom stereocenters. The van der Waals surface area contributed by atoms with Crippen molar-refractivity contribution in [3.05, 3.63) is 36.0 Å². The Morgan fingerprint density at radius 1 is 1.56 bits per heavy atom. The smallest absolute Gasteiger partial charge is 0.411 e. The SMILES string of the molecule is CC1C=CC=C(C2COC(=O)N2CC(=O)O)C=C1. The minimum atomic E-state index is -1.04. The molecule has 1 fully saturated rings. The van der Waals surface area contributed by atoms with Gasteiger partial charge in [-0.1, -0.05) is 37.3 Å². The number of rotatable bonds is 3. The van der Waals surface area contributed by atoms with Crippen LogP contribution < -0.4 is 0 Å². The van der Waals surface area contributed by atoms with Gasteiger partial charge in [0.05, 0.1) is 6.04 Å². The van der Waals surface area contributed by atoms with Gasteiger partial charge in [-0.2, -0.15) is 0 Å². The lowest BCUT2D eigenvalue weighted by molar-refractivity contribution is -0.137. The molecule has 0 saturated carbocycles. The van der Waals surface area contributed by atoms with E-state index in [0.717, 1.165) is 5.57 Å². The van der Waals surface area contributed by atoms with Gasteiger partial charge in [-0.05, 0) is 11.5 Å². The van der Waals surface area contributed by atoms with Gasteiger partial charge in [0.1, 0.15) is 13.2 Å². The van der Waals surface area contributed by atoms with Crippen LogP contribution in [0.2, 0.25) is 0 Å². The van der Waals surface area contributed by atoms with Gasteiger partial charge >= 0.3 is 12.1 Å². The molecule has 96 valence electrons. The molecular formula is C13H15NO4. The van der Waals surface area contributed by atoms with E-state index in [9.17, 15) is 9.59 Å². The van der Waals surface area contributed by atoms with E-state index in [2.05, 4.69) is 6.92 Å². The van der Waals surface area contributed by atoms with Gasteiger partial charge < -0.3 is 9.84 Å². The van der Waals surface area contributed by atoms with Crippen molar-refractivity contribution in [3.63, 3.8) is 0 Å². The Hall–Kier alpha value is -2.04. The van der Waals surface area contributed by atoms with Crippen LogP contribution in [0.4, 0.5) is 4.79 Å². The average molecular weight is 249 g/mol. The number of hydrogen-bond donors (Lipinski definition) is 1. The molecule has 1 aliphatic heterocycles. The highest BCUT2D eigenvalue weighted by atomic mass is 16.6. The third-order valence-corrected chi connectivity index (χ3v) is 2.96. The summed E-state index contributed by atoms with van der Waals surface area (Å²) in [4.78, 5) is 23.5. The summed E-state index contributed by atoms with van der Waals surface area (Å²) in [6.07, 6.45) is 9.20. The van der Waals surface area contributed by atoms with Crippen molar-refractivity contribution in [1.29, 1.82) is 0 Å². The largest absolute Gasteiger partial charge is 0.480 e. The molecule has 0 aromatic heterocycles. The summed E-state index contributed by atoms with van der Waals surface area (Å²) in [5.41, 5.74) is 0.891. The molecular weight excluding hydrogens is 234 g/mol.